The van der Waals surface area contributed by atoms with Crippen LogP contribution in [0.2, 0.25) is 5.15 Å². The maximum absolute atomic E-state index is 13.4. The van der Waals surface area contributed by atoms with Crippen LogP contribution in [0.5, 0.6) is 0 Å². The highest BCUT2D eigenvalue weighted by molar-refractivity contribution is 9.10. The van der Waals surface area contributed by atoms with Crippen LogP contribution >= 0.6 is 27.5 Å². The zero-order valence-electron chi connectivity index (χ0n) is 9.12. The Morgan fingerprint density at radius 2 is 2.11 bits per heavy atom. The first-order chi connectivity index (χ1) is 8.99. The molecule has 1 amide bonds. The molecule has 0 fully saturated rings. The molecule has 0 saturated heterocycles. The number of amides is 1. The molecule has 0 aliphatic rings. The molecule has 0 unspecified atom stereocenters. The summed E-state index contributed by atoms with van der Waals surface area (Å²) >= 11 is 8.92. The zero-order chi connectivity index (χ0) is 14.0. The van der Waals surface area contributed by atoms with Crippen molar-refractivity contribution in [3.63, 3.8) is 0 Å². The number of halogens is 4. The highest BCUT2D eigenvalue weighted by Crippen LogP contribution is 2.23. The van der Waals surface area contributed by atoms with Gasteiger partial charge in [-0.3, -0.25) is 4.79 Å². The normalized spacial score (nSPS) is 10.3. The Hall–Kier alpha value is -1.60. The first-order valence-electron chi connectivity index (χ1n) is 4.91. The first kappa shape index (κ1) is 13.8. The molecule has 4 nitrogen and oxygen atoms in total. The Kier molecular flexibility index (Phi) is 4.06. The second kappa shape index (κ2) is 5.58. The number of anilines is 1. The van der Waals surface area contributed by atoms with E-state index in [1.807, 2.05) is 0 Å². The highest BCUT2D eigenvalue weighted by Gasteiger charge is 2.17. The van der Waals surface area contributed by atoms with Crippen LogP contribution in [0.1, 0.15) is 10.4 Å². The van der Waals surface area contributed by atoms with E-state index in [4.69, 9.17) is 11.6 Å². The third-order valence-corrected chi connectivity index (χ3v) is 2.88. The summed E-state index contributed by atoms with van der Waals surface area (Å²) in [6, 6.07) is 2.55. The molecular weight excluding hydrogens is 343 g/mol. The van der Waals surface area contributed by atoms with Gasteiger partial charge in [0.2, 0.25) is 5.95 Å². The van der Waals surface area contributed by atoms with Crippen molar-refractivity contribution in [1.29, 1.82) is 0 Å². The van der Waals surface area contributed by atoms with Crippen molar-refractivity contribution < 1.29 is 13.6 Å². The number of hydrogen-bond acceptors (Lipinski definition) is 3. The number of aromatic nitrogens is 2. The summed E-state index contributed by atoms with van der Waals surface area (Å²) in [6.45, 7) is 0. The van der Waals surface area contributed by atoms with Gasteiger partial charge in [0.1, 0.15) is 0 Å². The Bertz CT molecular complexity index is 654. The molecule has 0 bridgehead atoms. The van der Waals surface area contributed by atoms with E-state index >= 15 is 0 Å². The van der Waals surface area contributed by atoms with Crippen LogP contribution in [0.3, 0.4) is 0 Å². The second-order valence-corrected chi connectivity index (χ2v) is 4.68. The molecule has 0 aliphatic heterocycles. The van der Waals surface area contributed by atoms with E-state index < -0.39 is 23.2 Å². The van der Waals surface area contributed by atoms with Crippen molar-refractivity contribution in [2.75, 3.05) is 5.32 Å². The van der Waals surface area contributed by atoms with Crippen molar-refractivity contribution >= 4 is 39.1 Å². The Morgan fingerprint density at radius 3 is 2.84 bits per heavy atom. The fourth-order valence-corrected chi connectivity index (χ4v) is 1.78. The molecule has 0 radical (unpaired) electrons. The van der Waals surface area contributed by atoms with Crippen LogP contribution in [-0.4, -0.2) is 15.9 Å². The van der Waals surface area contributed by atoms with Crippen molar-refractivity contribution in [3.05, 3.63) is 51.5 Å². The van der Waals surface area contributed by atoms with Gasteiger partial charge in [-0.1, -0.05) is 11.6 Å². The minimum Gasteiger partial charge on any atom is -0.319 e. The van der Waals surface area contributed by atoms with E-state index in [0.29, 0.717) is 4.47 Å². The number of pyridine rings is 2. The van der Waals surface area contributed by atoms with Gasteiger partial charge in [0, 0.05) is 16.9 Å². The number of carbonyl (C=O) groups excluding carboxylic acids is 1. The van der Waals surface area contributed by atoms with Crippen LogP contribution in [0, 0.1) is 11.8 Å². The quantitative estimate of drug-likeness (QED) is 0.846. The smallest absolute Gasteiger partial charge is 0.258 e. The monoisotopic (exact) mass is 347 g/mol. The fourth-order valence-electron chi connectivity index (χ4n) is 1.29. The van der Waals surface area contributed by atoms with Gasteiger partial charge in [-0.15, -0.1) is 0 Å². The lowest BCUT2D eigenvalue weighted by atomic mass is 10.2. The lowest BCUT2D eigenvalue weighted by molar-refractivity contribution is 0.102. The Morgan fingerprint density at radius 1 is 1.37 bits per heavy atom. The van der Waals surface area contributed by atoms with Crippen LogP contribution in [0.15, 0.2) is 29.0 Å². The summed E-state index contributed by atoms with van der Waals surface area (Å²) in [4.78, 5) is 18.7. The lowest BCUT2D eigenvalue weighted by Gasteiger charge is -2.07. The molecule has 1 N–H and O–H groups in total. The summed E-state index contributed by atoms with van der Waals surface area (Å²) < 4.78 is 26.9. The highest BCUT2D eigenvalue weighted by atomic mass is 79.9. The van der Waals surface area contributed by atoms with E-state index in [-0.39, 0.29) is 10.8 Å². The van der Waals surface area contributed by atoms with Crippen molar-refractivity contribution in [1.82, 2.24) is 9.97 Å². The van der Waals surface area contributed by atoms with Gasteiger partial charge >= 0.3 is 0 Å². The molecular formula is C11H5BrClF2N3O. The van der Waals surface area contributed by atoms with E-state index in [1.54, 1.807) is 0 Å². The summed E-state index contributed by atoms with van der Waals surface area (Å²) in [5, 5.41) is 2.37. The van der Waals surface area contributed by atoms with Gasteiger partial charge < -0.3 is 5.32 Å². The largest absolute Gasteiger partial charge is 0.319 e. The Balaban J connectivity index is 2.31. The van der Waals surface area contributed by atoms with Gasteiger partial charge in [-0.2, -0.15) is 4.39 Å². The number of rotatable bonds is 2. The SMILES string of the molecule is O=C(Nc1cc(Br)cnc1Cl)c1ccnc(F)c1F. The second-order valence-electron chi connectivity index (χ2n) is 3.41. The van der Waals surface area contributed by atoms with Crippen LogP contribution in [-0.2, 0) is 0 Å². The fraction of sp³-hybridized carbons (Fsp3) is 0. The van der Waals surface area contributed by atoms with Gasteiger partial charge in [0.15, 0.2) is 11.0 Å². The van der Waals surface area contributed by atoms with Crippen molar-refractivity contribution in [2.45, 2.75) is 0 Å². The minimum atomic E-state index is -1.34. The Labute approximate surface area is 120 Å². The molecule has 2 aromatic rings. The average molecular weight is 349 g/mol. The predicted octanol–water partition coefficient (Wildman–Crippen LogP) is 3.42. The summed E-state index contributed by atoms with van der Waals surface area (Å²) in [5.74, 6) is -3.51. The molecule has 0 aliphatic carbocycles. The minimum absolute atomic E-state index is 0.0338. The number of nitrogens with one attached hydrogen (secondary N) is 1. The molecule has 2 heterocycles. The molecule has 8 heteroatoms. The molecule has 0 aromatic carbocycles. The topological polar surface area (TPSA) is 54.9 Å². The summed E-state index contributed by atoms with van der Waals surface area (Å²) in [6.07, 6.45) is 2.43. The zero-order valence-corrected chi connectivity index (χ0v) is 11.5. The first-order valence-corrected chi connectivity index (χ1v) is 6.08. The lowest BCUT2D eigenvalue weighted by Crippen LogP contribution is -2.15. The molecule has 19 heavy (non-hydrogen) atoms. The van der Waals surface area contributed by atoms with Gasteiger partial charge in [0.25, 0.3) is 5.91 Å². The number of carbonyl (C=O) groups is 1. The maximum Gasteiger partial charge on any atom is 0.258 e. The molecule has 98 valence electrons. The van der Waals surface area contributed by atoms with E-state index in [1.165, 1.54) is 12.3 Å². The van der Waals surface area contributed by atoms with Gasteiger partial charge in [-0.25, -0.2) is 14.4 Å². The van der Waals surface area contributed by atoms with Crippen LogP contribution < -0.4 is 5.32 Å². The number of hydrogen-bond donors (Lipinski definition) is 1. The summed E-state index contributed by atoms with van der Waals surface area (Å²) in [7, 11) is 0. The standard InChI is InChI=1S/C11H5BrClF2N3O/c12-5-3-7(9(13)17-4-5)18-11(19)6-1-2-16-10(15)8(6)14/h1-4H,(H,18,19). The third kappa shape index (κ3) is 3.05. The molecule has 2 rings (SSSR count). The molecule has 0 saturated carbocycles. The van der Waals surface area contributed by atoms with Crippen molar-refractivity contribution in [2.24, 2.45) is 0 Å². The van der Waals surface area contributed by atoms with Crippen molar-refractivity contribution in [3.8, 4) is 0 Å². The predicted molar refractivity (Wildman–Crippen MR) is 69.1 cm³/mol. The maximum atomic E-state index is 13.4. The molecule has 2 aromatic heterocycles. The van der Waals surface area contributed by atoms with E-state index in [0.717, 1.165) is 12.3 Å². The van der Waals surface area contributed by atoms with E-state index in [2.05, 4.69) is 31.2 Å². The van der Waals surface area contributed by atoms with Gasteiger partial charge in [-0.05, 0) is 28.1 Å². The average Bonchev–Trinajstić information content (AvgIpc) is 2.37. The van der Waals surface area contributed by atoms with Crippen LogP contribution in [0.25, 0.3) is 0 Å². The van der Waals surface area contributed by atoms with Crippen LogP contribution in [0.4, 0.5) is 14.5 Å². The molecule has 0 atom stereocenters. The third-order valence-electron chi connectivity index (χ3n) is 2.15. The van der Waals surface area contributed by atoms with E-state index in [9.17, 15) is 13.6 Å². The number of nitrogens with zero attached hydrogens (tertiary/aromatic N) is 2. The van der Waals surface area contributed by atoms with Gasteiger partial charge in [0.05, 0.1) is 11.3 Å². The molecule has 0 spiro atoms. The summed E-state index contributed by atoms with van der Waals surface area (Å²) in [5.41, 5.74) is -0.291.